The molecule has 2 aromatic carbocycles. The van der Waals surface area contributed by atoms with Gasteiger partial charge in [0.25, 0.3) is 0 Å². The van der Waals surface area contributed by atoms with E-state index in [-0.39, 0.29) is 18.5 Å². The molecule has 6 nitrogen and oxygen atoms in total. The fraction of sp³-hybridized carbons (Fsp3) is 0.409. The van der Waals surface area contributed by atoms with Crippen molar-refractivity contribution in [1.82, 2.24) is 14.5 Å². The van der Waals surface area contributed by atoms with Crippen LogP contribution < -0.4 is 5.32 Å². The van der Waals surface area contributed by atoms with Crippen molar-refractivity contribution in [2.45, 2.75) is 31.2 Å². The van der Waals surface area contributed by atoms with Gasteiger partial charge in [-0.15, -0.1) is 0 Å². The lowest BCUT2D eigenvalue weighted by Gasteiger charge is -2.33. The molecule has 0 saturated carbocycles. The van der Waals surface area contributed by atoms with Crippen LogP contribution in [0.3, 0.4) is 0 Å². The second kappa shape index (κ2) is 9.52. The zero-order chi connectivity index (χ0) is 20.9. The van der Waals surface area contributed by atoms with Crippen molar-refractivity contribution in [3.63, 3.8) is 0 Å². The number of piperazine rings is 1. The zero-order valence-corrected chi connectivity index (χ0v) is 17.9. The quantitative estimate of drug-likeness (QED) is 0.754. The van der Waals surface area contributed by atoms with Crippen LogP contribution in [-0.2, 0) is 21.2 Å². The Bertz CT molecular complexity index is 906. The summed E-state index contributed by atoms with van der Waals surface area (Å²) in [7, 11) is -3.47. The van der Waals surface area contributed by atoms with Gasteiger partial charge in [0.05, 0.1) is 17.5 Å². The van der Waals surface area contributed by atoms with Crippen molar-refractivity contribution in [2.24, 2.45) is 0 Å². The Balaban J connectivity index is 1.49. The Labute approximate surface area is 173 Å². The summed E-state index contributed by atoms with van der Waals surface area (Å²) in [6, 6.07) is 16.7. The fourth-order valence-electron chi connectivity index (χ4n) is 3.49. The van der Waals surface area contributed by atoms with E-state index in [1.165, 1.54) is 9.87 Å². The molecule has 29 heavy (non-hydrogen) atoms. The van der Waals surface area contributed by atoms with Crippen LogP contribution in [0.4, 0.5) is 0 Å². The minimum Gasteiger partial charge on any atom is -0.348 e. The van der Waals surface area contributed by atoms with Crippen LogP contribution in [-0.4, -0.2) is 56.3 Å². The van der Waals surface area contributed by atoms with Crippen LogP contribution >= 0.6 is 0 Å². The lowest BCUT2D eigenvalue weighted by Crippen LogP contribution is -2.51. The van der Waals surface area contributed by atoms with Gasteiger partial charge in [0, 0.05) is 26.2 Å². The molecule has 0 aromatic heterocycles. The average Bonchev–Trinajstić information content (AvgIpc) is 2.74. The van der Waals surface area contributed by atoms with E-state index in [9.17, 15) is 13.2 Å². The van der Waals surface area contributed by atoms with Crippen molar-refractivity contribution in [3.8, 4) is 0 Å². The molecule has 2 aromatic rings. The molecule has 1 aliphatic heterocycles. The molecule has 7 heteroatoms. The number of aryl methyl sites for hydroxylation is 1. The Hall–Kier alpha value is -2.22. The molecule has 1 atom stereocenters. The zero-order valence-electron chi connectivity index (χ0n) is 17.0. The Kier molecular flexibility index (Phi) is 7.05. The number of rotatable bonds is 7. The maximum absolute atomic E-state index is 12.7. The van der Waals surface area contributed by atoms with Gasteiger partial charge in [-0.2, -0.15) is 4.31 Å². The molecule has 0 radical (unpaired) electrons. The van der Waals surface area contributed by atoms with E-state index in [2.05, 4.69) is 36.5 Å². The normalized spacial score (nSPS) is 17.0. The molecule has 0 aliphatic carbocycles. The third-order valence-electron chi connectivity index (χ3n) is 5.34. The first kappa shape index (κ1) is 21.5. The Morgan fingerprint density at radius 2 is 1.62 bits per heavy atom. The summed E-state index contributed by atoms with van der Waals surface area (Å²) < 4.78 is 26.9. The SMILES string of the molecule is CCc1ccc(C(C)NC(=O)CN2CCN(S(=O)(=O)c3ccccc3)CC2)cc1. The van der Waals surface area contributed by atoms with Gasteiger partial charge < -0.3 is 5.32 Å². The summed E-state index contributed by atoms with van der Waals surface area (Å²) in [6.07, 6.45) is 0.993. The largest absolute Gasteiger partial charge is 0.348 e. The highest BCUT2D eigenvalue weighted by Gasteiger charge is 2.29. The number of hydrogen-bond donors (Lipinski definition) is 1. The van der Waals surface area contributed by atoms with Crippen LogP contribution in [0.15, 0.2) is 59.5 Å². The molecule has 1 N–H and O–H groups in total. The maximum atomic E-state index is 12.7. The summed E-state index contributed by atoms with van der Waals surface area (Å²) in [6.45, 7) is 6.22. The summed E-state index contributed by atoms with van der Waals surface area (Å²) >= 11 is 0. The first-order valence-corrected chi connectivity index (χ1v) is 11.5. The van der Waals surface area contributed by atoms with E-state index in [1.807, 2.05) is 11.8 Å². The van der Waals surface area contributed by atoms with Crippen LogP contribution in [0.5, 0.6) is 0 Å². The molecule has 1 fully saturated rings. The third-order valence-corrected chi connectivity index (χ3v) is 7.26. The summed E-state index contributed by atoms with van der Waals surface area (Å²) in [5, 5.41) is 3.04. The van der Waals surface area contributed by atoms with Crippen LogP contribution in [0, 0.1) is 0 Å². The Morgan fingerprint density at radius 3 is 2.21 bits per heavy atom. The second-order valence-corrected chi connectivity index (χ2v) is 9.32. The number of sulfonamides is 1. The first-order chi connectivity index (χ1) is 13.9. The molecule has 0 spiro atoms. The van der Waals surface area contributed by atoms with Crippen molar-refractivity contribution in [3.05, 3.63) is 65.7 Å². The summed E-state index contributed by atoms with van der Waals surface area (Å²) in [5.74, 6) is -0.0450. The molecule has 156 valence electrons. The molecule has 1 saturated heterocycles. The number of nitrogens with one attached hydrogen (secondary N) is 1. The molecule has 3 rings (SSSR count). The van der Waals surface area contributed by atoms with Gasteiger partial charge in [0.1, 0.15) is 0 Å². The smallest absolute Gasteiger partial charge is 0.243 e. The monoisotopic (exact) mass is 415 g/mol. The van der Waals surface area contributed by atoms with E-state index >= 15 is 0 Å². The van der Waals surface area contributed by atoms with Gasteiger partial charge in [0.15, 0.2) is 0 Å². The van der Waals surface area contributed by atoms with E-state index in [4.69, 9.17) is 0 Å². The van der Waals surface area contributed by atoms with E-state index in [0.717, 1.165) is 12.0 Å². The highest BCUT2D eigenvalue weighted by Crippen LogP contribution is 2.17. The van der Waals surface area contributed by atoms with E-state index in [0.29, 0.717) is 31.1 Å². The maximum Gasteiger partial charge on any atom is 0.243 e. The van der Waals surface area contributed by atoms with Gasteiger partial charge in [-0.25, -0.2) is 8.42 Å². The van der Waals surface area contributed by atoms with E-state index in [1.54, 1.807) is 30.3 Å². The number of nitrogens with zero attached hydrogens (tertiary/aromatic N) is 2. The fourth-order valence-corrected chi connectivity index (χ4v) is 4.93. The van der Waals surface area contributed by atoms with Gasteiger partial charge in [-0.1, -0.05) is 49.4 Å². The summed E-state index contributed by atoms with van der Waals surface area (Å²) in [5.41, 5.74) is 2.35. The number of hydrogen-bond acceptors (Lipinski definition) is 4. The lowest BCUT2D eigenvalue weighted by atomic mass is 10.1. The number of carbonyl (C=O) groups is 1. The molecule has 1 unspecified atom stereocenters. The number of benzene rings is 2. The van der Waals surface area contributed by atoms with Gasteiger partial charge in [-0.05, 0) is 36.6 Å². The standard InChI is InChI=1S/C22H29N3O3S/c1-3-19-9-11-20(12-10-19)18(2)23-22(26)17-24-13-15-25(16-14-24)29(27,28)21-7-5-4-6-8-21/h4-12,18H,3,13-17H2,1-2H3,(H,23,26). The molecule has 1 amide bonds. The van der Waals surface area contributed by atoms with Gasteiger partial charge in [-0.3, -0.25) is 9.69 Å². The lowest BCUT2D eigenvalue weighted by molar-refractivity contribution is -0.123. The highest BCUT2D eigenvalue weighted by atomic mass is 32.2. The number of amides is 1. The predicted octanol–water partition coefficient (Wildman–Crippen LogP) is 2.43. The minimum atomic E-state index is -3.47. The first-order valence-electron chi connectivity index (χ1n) is 10.1. The van der Waals surface area contributed by atoms with E-state index < -0.39 is 10.0 Å². The average molecular weight is 416 g/mol. The van der Waals surface area contributed by atoms with Crippen molar-refractivity contribution >= 4 is 15.9 Å². The third kappa shape index (κ3) is 5.44. The second-order valence-electron chi connectivity index (χ2n) is 7.38. The molecular weight excluding hydrogens is 386 g/mol. The van der Waals surface area contributed by atoms with Crippen LogP contribution in [0.25, 0.3) is 0 Å². The molecule has 1 aliphatic rings. The van der Waals surface area contributed by atoms with Crippen LogP contribution in [0.1, 0.15) is 31.0 Å². The van der Waals surface area contributed by atoms with Gasteiger partial charge >= 0.3 is 0 Å². The van der Waals surface area contributed by atoms with Crippen molar-refractivity contribution < 1.29 is 13.2 Å². The van der Waals surface area contributed by atoms with Crippen molar-refractivity contribution in [2.75, 3.05) is 32.7 Å². The Morgan fingerprint density at radius 1 is 1.00 bits per heavy atom. The minimum absolute atomic E-state index is 0.0450. The van der Waals surface area contributed by atoms with Crippen molar-refractivity contribution in [1.29, 1.82) is 0 Å². The molecular formula is C22H29N3O3S. The highest BCUT2D eigenvalue weighted by molar-refractivity contribution is 7.89. The number of carbonyl (C=O) groups excluding carboxylic acids is 1. The molecule has 1 heterocycles. The topological polar surface area (TPSA) is 69.7 Å². The predicted molar refractivity (Wildman–Crippen MR) is 114 cm³/mol. The van der Waals surface area contributed by atoms with Gasteiger partial charge in [0.2, 0.25) is 15.9 Å². The summed E-state index contributed by atoms with van der Waals surface area (Å²) in [4.78, 5) is 14.7. The molecule has 0 bridgehead atoms. The van der Waals surface area contributed by atoms with Crippen LogP contribution in [0.2, 0.25) is 0 Å².